The first-order valence-electron chi connectivity index (χ1n) is 11.7. The van der Waals surface area contributed by atoms with Crippen molar-refractivity contribution >= 4 is 34.9 Å². The summed E-state index contributed by atoms with van der Waals surface area (Å²) >= 11 is 0. The number of ether oxygens (including phenoxy) is 5. The zero-order valence-electron chi connectivity index (χ0n) is 20.9. The summed E-state index contributed by atoms with van der Waals surface area (Å²) in [6.07, 6.45) is 0.227. The van der Waals surface area contributed by atoms with Crippen LogP contribution in [0.4, 0.5) is 23.0 Å². The molecule has 1 aromatic carbocycles. The quantitative estimate of drug-likeness (QED) is 0.115. The van der Waals surface area contributed by atoms with Crippen molar-refractivity contribution in [1.29, 1.82) is 0 Å². The molecule has 2 rings (SSSR count). The van der Waals surface area contributed by atoms with Gasteiger partial charge in [-0.3, -0.25) is 9.59 Å². The minimum atomic E-state index is -0.478. The Hall–Kier alpha value is -3.49. The van der Waals surface area contributed by atoms with E-state index in [0.29, 0.717) is 45.3 Å². The summed E-state index contributed by atoms with van der Waals surface area (Å²) in [4.78, 5) is 28.0. The lowest BCUT2D eigenvalue weighted by Crippen LogP contribution is -2.17. The Bertz CT molecular complexity index is 1010. The maximum absolute atomic E-state index is 12.2. The molecule has 2 aromatic rings. The number of azo groups is 1. The predicted octanol–water partition coefficient (Wildman–Crippen LogP) is 2.36. The number of anilines is 2. The van der Waals surface area contributed by atoms with Crippen molar-refractivity contribution in [3.63, 3.8) is 0 Å². The standard InChI is InChI=1S/C24H34N6O7/c1-33-12-13-35-16-17-36-15-14-34-11-9-23(32)37-20-5-3-2-4-18(20)29-30-19-6-7-21(28-24(19)26)27-22(31)8-10-25/h2-7H,8-17,25H2,1H3,(H3,26,27,28,31)/b30-29+. The lowest BCUT2D eigenvalue weighted by molar-refractivity contribution is -0.135. The number of nitrogens with zero attached hydrogens (tertiary/aromatic N) is 3. The van der Waals surface area contributed by atoms with Gasteiger partial charge in [0, 0.05) is 20.1 Å². The summed E-state index contributed by atoms with van der Waals surface area (Å²) in [6.45, 7) is 3.17. The summed E-state index contributed by atoms with van der Waals surface area (Å²) in [5, 5.41) is 10.8. The molecule has 0 fully saturated rings. The Balaban J connectivity index is 1.76. The van der Waals surface area contributed by atoms with Crippen molar-refractivity contribution in [2.75, 3.05) is 71.0 Å². The minimum absolute atomic E-state index is 0.0554. The highest BCUT2D eigenvalue weighted by Crippen LogP contribution is 2.30. The van der Waals surface area contributed by atoms with Gasteiger partial charge in [-0.15, -0.1) is 10.2 Å². The van der Waals surface area contributed by atoms with E-state index >= 15 is 0 Å². The Labute approximate surface area is 215 Å². The average Bonchev–Trinajstić information content (AvgIpc) is 2.88. The molecule has 0 aliphatic heterocycles. The fraction of sp³-hybridized carbons (Fsp3) is 0.458. The number of hydrogen-bond acceptors (Lipinski definition) is 12. The number of carbonyl (C=O) groups excluding carboxylic acids is 2. The molecule has 1 heterocycles. The van der Waals surface area contributed by atoms with E-state index in [-0.39, 0.29) is 55.0 Å². The second-order valence-corrected chi connectivity index (χ2v) is 7.41. The topological polar surface area (TPSA) is 182 Å². The van der Waals surface area contributed by atoms with E-state index in [2.05, 4.69) is 20.5 Å². The van der Waals surface area contributed by atoms with E-state index in [0.717, 1.165) is 0 Å². The highest BCUT2D eigenvalue weighted by atomic mass is 16.6. The van der Waals surface area contributed by atoms with E-state index in [1.54, 1.807) is 43.5 Å². The van der Waals surface area contributed by atoms with Crippen molar-refractivity contribution in [3.8, 4) is 5.75 Å². The number of nitrogens with two attached hydrogens (primary N) is 2. The number of pyridine rings is 1. The van der Waals surface area contributed by atoms with E-state index in [1.165, 1.54) is 0 Å². The molecule has 1 amide bonds. The van der Waals surface area contributed by atoms with Gasteiger partial charge in [0.05, 0.1) is 52.7 Å². The molecule has 0 aliphatic carbocycles. The molecule has 0 atom stereocenters. The molecule has 0 radical (unpaired) electrons. The Morgan fingerprint density at radius 3 is 2.19 bits per heavy atom. The predicted molar refractivity (Wildman–Crippen MR) is 136 cm³/mol. The average molecular weight is 519 g/mol. The molecule has 0 bridgehead atoms. The fourth-order valence-electron chi connectivity index (χ4n) is 2.71. The van der Waals surface area contributed by atoms with E-state index in [4.69, 9.17) is 35.2 Å². The molecule has 0 unspecified atom stereocenters. The highest BCUT2D eigenvalue weighted by molar-refractivity contribution is 5.90. The molecule has 0 spiro atoms. The van der Waals surface area contributed by atoms with Crippen LogP contribution in [0, 0.1) is 0 Å². The maximum Gasteiger partial charge on any atom is 0.313 e. The zero-order chi connectivity index (χ0) is 26.7. The van der Waals surface area contributed by atoms with Crippen molar-refractivity contribution in [3.05, 3.63) is 36.4 Å². The van der Waals surface area contributed by atoms with Crippen LogP contribution in [0.15, 0.2) is 46.6 Å². The summed E-state index contributed by atoms with van der Waals surface area (Å²) in [5.41, 5.74) is 11.9. The maximum atomic E-state index is 12.2. The van der Waals surface area contributed by atoms with Crippen LogP contribution in [0.5, 0.6) is 5.75 Å². The molecule has 13 nitrogen and oxygen atoms in total. The first-order chi connectivity index (χ1) is 18.0. The minimum Gasteiger partial charge on any atom is -0.424 e. The SMILES string of the molecule is COCCOCCOCCOCCC(=O)Oc1ccccc1/N=N/c1ccc(NC(=O)CCN)nc1N. The third kappa shape index (κ3) is 12.3. The van der Waals surface area contributed by atoms with Gasteiger partial charge in [0.2, 0.25) is 5.91 Å². The molecule has 0 saturated heterocycles. The van der Waals surface area contributed by atoms with Gasteiger partial charge >= 0.3 is 5.97 Å². The fourth-order valence-corrected chi connectivity index (χ4v) is 2.71. The largest absolute Gasteiger partial charge is 0.424 e. The van der Waals surface area contributed by atoms with Gasteiger partial charge in [-0.05, 0) is 24.3 Å². The lowest BCUT2D eigenvalue weighted by atomic mass is 10.3. The molecule has 37 heavy (non-hydrogen) atoms. The van der Waals surface area contributed by atoms with Crippen LogP contribution in [0.25, 0.3) is 0 Å². The van der Waals surface area contributed by atoms with Gasteiger partial charge in [0.15, 0.2) is 11.6 Å². The summed E-state index contributed by atoms with van der Waals surface area (Å²) < 4.78 is 26.3. The number of rotatable bonds is 18. The number of hydrogen-bond donors (Lipinski definition) is 3. The summed E-state index contributed by atoms with van der Waals surface area (Å²) in [7, 11) is 1.61. The highest BCUT2D eigenvalue weighted by Gasteiger charge is 2.10. The molecule has 202 valence electrons. The number of benzene rings is 1. The first-order valence-corrected chi connectivity index (χ1v) is 11.7. The summed E-state index contributed by atoms with van der Waals surface area (Å²) in [5.74, 6) is -0.148. The second kappa shape index (κ2) is 17.9. The van der Waals surface area contributed by atoms with Crippen molar-refractivity contribution in [2.45, 2.75) is 12.8 Å². The number of methoxy groups -OCH3 is 1. The van der Waals surface area contributed by atoms with Crippen LogP contribution in [-0.4, -0.2) is 76.8 Å². The van der Waals surface area contributed by atoms with Crippen LogP contribution in [0.2, 0.25) is 0 Å². The molecule has 5 N–H and O–H groups in total. The van der Waals surface area contributed by atoms with Gasteiger partial charge < -0.3 is 40.5 Å². The second-order valence-electron chi connectivity index (χ2n) is 7.41. The lowest BCUT2D eigenvalue weighted by Gasteiger charge is -2.08. The van der Waals surface area contributed by atoms with Crippen molar-refractivity contribution in [2.24, 2.45) is 16.0 Å². The summed E-state index contributed by atoms with van der Waals surface area (Å²) in [6, 6.07) is 9.80. The number of carbonyl (C=O) groups is 2. The number of para-hydroxylation sites is 1. The first kappa shape index (κ1) is 29.7. The van der Waals surface area contributed by atoms with Crippen LogP contribution >= 0.6 is 0 Å². The number of esters is 1. The molecule has 0 aliphatic rings. The third-order valence-electron chi connectivity index (χ3n) is 4.52. The van der Waals surface area contributed by atoms with Gasteiger partial charge in [-0.25, -0.2) is 4.98 Å². The van der Waals surface area contributed by atoms with Crippen LogP contribution in [0.3, 0.4) is 0 Å². The Kier molecular flexibility index (Phi) is 14.4. The van der Waals surface area contributed by atoms with Gasteiger partial charge in [-0.1, -0.05) is 12.1 Å². The normalized spacial score (nSPS) is 11.1. The molecular formula is C24H34N6O7. The number of nitrogen functional groups attached to an aromatic ring is 1. The molecule has 13 heteroatoms. The van der Waals surface area contributed by atoms with E-state index < -0.39 is 5.97 Å². The molecular weight excluding hydrogens is 484 g/mol. The monoisotopic (exact) mass is 518 g/mol. The van der Waals surface area contributed by atoms with E-state index in [9.17, 15) is 9.59 Å². The van der Waals surface area contributed by atoms with Gasteiger partial charge in [0.25, 0.3) is 0 Å². The van der Waals surface area contributed by atoms with Crippen LogP contribution < -0.4 is 21.5 Å². The number of amides is 1. The zero-order valence-corrected chi connectivity index (χ0v) is 20.9. The Morgan fingerprint density at radius 2 is 1.51 bits per heavy atom. The van der Waals surface area contributed by atoms with E-state index in [1.807, 2.05) is 0 Å². The Morgan fingerprint density at radius 1 is 0.865 bits per heavy atom. The van der Waals surface area contributed by atoms with Crippen LogP contribution in [-0.2, 0) is 28.5 Å². The number of nitrogens with one attached hydrogen (secondary N) is 1. The third-order valence-corrected chi connectivity index (χ3v) is 4.52. The molecule has 1 aromatic heterocycles. The number of aromatic nitrogens is 1. The van der Waals surface area contributed by atoms with Gasteiger partial charge in [-0.2, -0.15) is 0 Å². The van der Waals surface area contributed by atoms with Crippen LogP contribution in [0.1, 0.15) is 12.8 Å². The molecule has 0 saturated carbocycles. The van der Waals surface area contributed by atoms with Gasteiger partial charge in [0.1, 0.15) is 17.2 Å². The van der Waals surface area contributed by atoms with Crippen molar-refractivity contribution in [1.82, 2.24) is 4.98 Å². The smallest absolute Gasteiger partial charge is 0.313 e. The van der Waals surface area contributed by atoms with Crippen molar-refractivity contribution < 1.29 is 33.3 Å².